The Bertz CT molecular complexity index is 629. The van der Waals surface area contributed by atoms with Crippen LogP contribution in [0.5, 0.6) is 5.75 Å². The van der Waals surface area contributed by atoms with E-state index in [0.717, 1.165) is 33.6 Å². The predicted molar refractivity (Wildman–Crippen MR) is 87.3 cm³/mol. The van der Waals surface area contributed by atoms with Crippen LogP contribution in [-0.2, 0) is 6.61 Å². The van der Waals surface area contributed by atoms with Crippen LogP contribution in [0.25, 0.3) is 0 Å². The summed E-state index contributed by atoms with van der Waals surface area (Å²) < 4.78 is 5.97. The minimum absolute atomic E-state index is 0.426. The summed E-state index contributed by atoms with van der Waals surface area (Å²) >= 11 is 4.99. The molecule has 0 heterocycles. The molecule has 0 radical (unpaired) electrons. The van der Waals surface area contributed by atoms with Gasteiger partial charge in [-0.1, -0.05) is 42.5 Å². The molecule has 0 fully saturated rings. The number of para-hydroxylation sites is 1. The molecule has 0 amide bonds. The minimum atomic E-state index is 0.426. The van der Waals surface area contributed by atoms with Crippen LogP contribution < -0.4 is 10.5 Å². The normalized spacial score (nSPS) is 10.3. The third-order valence-corrected chi connectivity index (χ3v) is 3.64. The summed E-state index contributed by atoms with van der Waals surface area (Å²) in [7, 11) is 0. The molecule has 0 bridgehead atoms. The zero-order valence-corrected chi connectivity index (χ0v) is 12.9. The molecule has 0 aromatic heterocycles. The van der Waals surface area contributed by atoms with Gasteiger partial charge >= 0.3 is 0 Å². The molecule has 0 unspecified atom stereocenters. The Labute approximate surface area is 125 Å². The maximum Gasteiger partial charge on any atom is 0.125 e. The predicted octanol–water partition coefficient (Wildman–Crippen LogP) is 3.83. The number of hydrogen-bond donors (Lipinski definition) is 1. The van der Waals surface area contributed by atoms with E-state index in [1.54, 1.807) is 0 Å². The lowest BCUT2D eigenvalue weighted by atomic mass is 10.1. The maximum atomic E-state index is 5.97. The summed E-state index contributed by atoms with van der Waals surface area (Å²) in [5.74, 6) is 0.963. The molecule has 2 aromatic carbocycles. The summed E-state index contributed by atoms with van der Waals surface area (Å²) in [5.41, 5.74) is 11.1. The van der Waals surface area contributed by atoms with Crippen molar-refractivity contribution >= 4 is 17.2 Å². The fourth-order valence-electron chi connectivity index (χ4n) is 2.19. The summed E-state index contributed by atoms with van der Waals surface area (Å²) in [6.07, 6.45) is 0. The Morgan fingerprint density at radius 1 is 1.05 bits per heavy atom. The van der Waals surface area contributed by atoms with Gasteiger partial charge in [0, 0.05) is 5.56 Å². The fraction of sp³-hybridized carbons (Fsp3) is 0.235. The van der Waals surface area contributed by atoms with Crippen molar-refractivity contribution in [2.75, 3.05) is 0 Å². The van der Waals surface area contributed by atoms with Crippen molar-refractivity contribution in [3.8, 4) is 5.75 Å². The quantitative estimate of drug-likeness (QED) is 0.867. The number of aryl methyl sites for hydroxylation is 3. The molecule has 20 heavy (non-hydrogen) atoms. The van der Waals surface area contributed by atoms with Gasteiger partial charge in [0.25, 0.3) is 0 Å². The number of hydrogen-bond acceptors (Lipinski definition) is 2. The van der Waals surface area contributed by atoms with Gasteiger partial charge in [0.15, 0.2) is 0 Å². The van der Waals surface area contributed by atoms with Crippen LogP contribution in [0.1, 0.15) is 27.8 Å². The first-order valence-corrected chi connectivity index (χ1v) is 6.98. The highest BCUT2D eigenvalue weighted by Crippen LogP contribution is 2.24. The monoisotopic (exact) mass is 285 g/mol. The van der Waals surface area contributed by atoms with Crippen LogP contribution in [0.4, 0.5) is 0 Å². The van der Waals surface area contributed by atoms with Gasteiger partial charge in [-0.2, -0.15) is 0 Å². The Morgan fingerprint density at radius 3 is 2.25 bits per heavy atom. The fourth-order valence-corrected chi connectivity index (χ4v) is 2.31. The highest BCUT2D eigenvalue weighted by molar-refractivity contribution is 7.80. The molecule has 0 saturated carbocycles. The van der Waals surface area contributed by atoms with E-state index in [0.29, 0.717) is 11.6 Å². The van der Waals surface area contributed by atoms with Crippen LogP contribution in [-0.4, -0.2) is 4.99 Å². The average molecular weight is 285 g/mol. The number of benzene rings is 2. The summed E-state index contributed by atoms with van der Waals surface area (Å²) in [5, 5.41) is 0. The van der Waals surface area contributed by atoms with Crippen molar-refractivity contribution in [3.05, 3.63) is 64.2 Å². The first kappa shape index (κ1) is 14.5. The molecule has 0 aliphatic carbocycles. The number of rotatable bonds is 4. The molecule has 2 N–H and O–H groups in total. The zero-order valence-electron chi connectivity index (χ0n) is 12.1. The van der Waals surface area contributed by atoms with Crippen molar-refractivity contribution < 1.29 is 4.74 Å². The molecular weight excluding hydrogens is 266 g/mol. The van der Waals surface area contributed by atoms with E-state index in [2.05, 4.69) is 26.0 Å². The van der Waals surface area contributed by atoms with E-state index in [1.807, 2.05) is 31.2 Å². The number of thiocarbonyl (C=S) groups is 1. The van der Waals surface area contributed by atoms with Gasteiger partial charge in [-0.05, 0) is 49.1 Å². The van der Waals surface area contributed by atoms with Crippen molar-refractivity contribution in [1.82, 2.24) is 0 Å². The van der Waals surface area contributed by atoms with E-state index >= 15 is 0 Å². The lowest BCUT2D eigenvalue weighted by Crippen LogP contribution is -2.10. The van der Waals surface area contributed by atoms with E-state index < -0.39 is 0 Å². The molecule has 2 nitrogen and oxygen atoms in total. The Kier molecular flexibility index (Phi) is 4.40. The van der Waals surface area contributed by atoms with Crippen LogP contribution in [0.3, 0.4) is 0 Å². The van der Waals surface area contributed by atoms with Crippen molar-refractivity contribution in [3.63, 3.8) is 0 Å². The van der Waals surface area contributed by atoms with Crippen LogP contribution >= 0.6 is 12.2 Å². The molecule has 0 saturated heterocycles. The Hall–Kier alpha value is -1.87. The van der Waals surface area contributed by atoms with Gasteiger partial charge in [-0.25, -0.2) is 0 Å². The third kappa shape index (κ3) is 3.17. The summed E-state index contributed by atoms with van der Waals surface area (Å²) in [6.45, 7) is 6.72. The molecule has 2 aromatic rings. The smallest absolute Gasteiger partial charge is 0.125 e. The second-order valence-electron chi connectivity index (χ2n) is 5.02. The van der Waals surface area contributed by atoms with E-state index in [9.17, 15) is 0 Å². The molecule has 104 valence electrons. The Balaban J connectivity index is 2.17. The third-order valence-electron chi connectivity index (χ3n) is 3.41. The lowest BCUT2D eigenvalue weighted by molar-refractivity contribution is 0.301. The first-order valence-electron chi connectivity index (χ1n) is 6.57. The van der Waals surface area contributed by atoms with Gasteiger partial charge in [-0.15, -0.1) is 0 Å². The van der Waals surface area contributed by atoms with Gasteiger partial charge in [-0.3, -0.25) is 0 Å². The molecule has 0 spiro atoms. The molecule has 0 atom stereocenters. The van der Waals surface area contributed by atoms with Gasteiger partial charge in [0.05, 0.1) is 0 Å². The van der Waals surface area contributed by atoms with E-state index in [4.69, 9.17) is 22.7 Å². The highest BCUT2D eigenvalue weighted by Gasteiger charge is 2.06. The van der Waals surface area contributed by atoms with Crippen molar-refractivity contribution in [2.45, 2.75) is 27.4 Å². The topological polar surface area (TPSA) is 35.2 Å². The SMILES string of the molecule is Cc1cc(C(N)=S)ccc1COc1c(C)cccc1C. The second-order valence-corrected chi connectivity index (χ2v) is 5.45. The molecule has 0 aliphatic rings. The minimum Gasteiger partial charge on any atom is -0.488 e. The number of nitrogens with two attached hydrogens (primary N) is 1. The second kappa shape index (κ2) is 6.06. The summed E-state index contributed by atoms with van der Waals surface area (Å²) in [6, 6.07) is 12.1. The number of ether oxygens (including phenoxy) is 1. The molecular formula is C17H19NOS. The maximum absolute atomic E-state index is 5.97. The largest absolute Gasteiger partial charge is 0.488 e. The average Bonchev–Trinajstić information content (AvgIpc) is 2.39. The van der Waals surface area contributed by atoms with E-state index in [-0.39, 0.29) is 0 Å². The van der Waals surface area contributed by atoms with Gasteiger partial charge < -0.3 is 10.5 Å². The molecule has 2 rings (SSSR count). The Morgan fingerprint density at radius 2 is 1.70 bits per heavy atom. The summed E-state index contributed by atoms with van der Waals surface area (Å²) in [4.78, 5) is 0.426. The van der Waals surface area contributed by atoms with E-state index in [1.165, 1.54) is 0 Å². The van der Waals surface area contributed by atoms with Crippen molar-refractivity contribution in [2.24, 2.45) is 5.73 Å². The van der Waals surface area contributed by atoms with Crippen LogP contribution in [0.2, 0.25) is 0 Å². The van der Waals surface area contributed by atoms with Crippen LogP contribution in [0, 0.1) is 20.8 Å². The first-order chi connectivity index (χ1) is 9.49. The van der Waals surface area contributed by atoms with Gasteiger partial charge in [0.1, 0.15) is 17.3 Å². The van der Waals surface area contributed by atoms with Gasteiger partial charge in [0.2, 0.25) is 0 Å². The molecule has 0 aliphatic heterocycles. The zero-order chi connectivity index (χ0) is 14.7. The highest BCUT2D eigenvalue weighted by atomic mass is 32.1. The standard InChI is InChI=1S/C17H19NOS/c1-11-5-4-6-12(2)16(11)19-10-15-8-7-14(17(18)20)9-13(15)3/h4-9H,10H2,1-3H3,(H2,18,20). The lowest BCUT2D eigenvalue weighted by Gasteiger charge is -2.13. The van der Waals surface area contributed by atoms with Crippen molar-refractivity contribution in [1.29, 1.82) is 0 Å². The van der Waals surface area contributed by atoms with Crippen LogP contribution in [0.15, 0.2) is 36.4 Å². The molecule has 3 heteroatoms.